The molecule has 0 bridgehead atoms. The van der Waals surface area contributed by atoms with E-state index in [1.165, 1.54) is 13.2 Å². The number of alkyl halides is 6. The number of ether oxygens (including phenoxy) is 1. The quantitative estimate of drug-likeness (QED) is 0.404. The molecule has 2 N–H and O–H groups in total. The molecule has 15 heteroatoms. The highest BCUT2D eigenvalue weighted by molar-refractivity contribution is 5.57. The number of methoxy groups -OCH3 is 1. The Morgan fingerprint density at radius 1 is 0.812 bits per heavy atom. The van der Waals surface area contributed by atoms with Crippen molar-refractivity contribution in [2.24, 2.45) is 0 Å². The Balaban J connectivity index is 1.99. The van der Waals surface area contributed by atoms with Gasteiger partial charge in [0.2, 0.25) is 17.7 Å². The number of nitrogens with one attached hydrogen (secondary N) is 2. The second kappa shape index (κ2) is 9.25. The molecule has 0 aliphatic rings. The molecule has 3 rings (SSSR count). The average molecular weight is 460 g/mol. The smallest absolute Gasteiger partial charge is 0.383 e. The van der Waals surface area contributed by atoms with Gasteiger partial charge < -0.3 is 15.4 Å². The van der Waals surface area contributed by atoms with Crippen LogP contribution in [-0.4, -0.2) is 50.2 Å². The third-order valence-corrected chi connectivity index (χ3v) is 3.68. The first kappa shape index (κ1) is 23.1. The van der Waals surface area contributed by atoms with Crippen molar-refractivity contribution in [1.82, 2.24) is 29.9 Å². The van der Waals surface area contributed by atoms with Crippen LogP contribution in [0.1, 0.15) is 11.4 Å². The van der Waals surface area contributed by atoms with Gasteiger partial charge in [-0.3, -0.25) is 4.98 Å². The Bertz CT molecular complexity index is 1080. The van der Waals surface area contributed by atoms with Crippen LogP contribution in [0.5, 0.6) is 0 Å². The first-order valence-electron chi connectivity index (χ1n) is 8.76. The van der Waals surface area contributed by atoms with Gasteiger partial charge in [0.25, 0.3) is 0 Å². The van der Waals surface area contributed by atoms with E-state index in [1.54, 1.807) is 0 Å². The Hall–Kier alpha value is -3.62. The van der Waals surface area contributed by atoms with E-state index in [4.69, 9.17) is 4.74 Å². The molecule has 0 aliphatic heterocycles. The minimum atomic E-state index is -4.73. The Kier molecular flexibility index (Phi) is 6.67. The van der Waals surface area contributed by atoms with E-state index in [0.29, 0.717) is 6.07 Å². The molecule has 3 heterocycles. The number of anilines is 3. The summed E-state index contributed by atoms with van der Waals surface area (Å²) in [6.45, 7) is 0.486. The summed E-state index contributed by atoms with van der Waals surface area (Å²) in [6, 6.07) is 2.64. The average Bonchev–Trinajstić information content (AvgIpc) is 2.73. The summed E-state index contributed by atoms with van der Waals surface area (Å²) < 4.78 is 82.6. The number of nitrogens with zero attached hydrogens (tertiary/aromatic N) is 6. The van der Waals surface area contributed by atoms with E-state index in [9.17, 15) is 26.3 Å². The third kappa shape index (κ3) is 5.96. The van der Waals surface area contributed by atoms with Gasteiger partial charge in [-0.1, -0.05) is 0 Å². The van der Waals surface area contributed by atoms with E-state index in [1.807, 2.05) is 0 Å². The summed E-state index contributed by atoms with van der Waals surface area (Å²) in [5.41, 5.74) is -2.43. The minimum absolute atomic E-state index is 0.0581. The zero-order valence-corrected chi connectivity index (χ0v) is 16.2. The zero-order chi connectivity index (χ0) is 23.4. The lowest BCUT2D eigenvalue weighted by Crippen LogP contribution is -2.14. The van der Waals surface area contributed by atoms with Crippen LogP contribution in [0.15, 0.2) is 30.6 Å². The van der Waals surface area contributed by atoms with E-state index >= 15 is 0 Å². The van der Waals surface area contributed by atoms with Crippen LogP contribution in [0.3, 0.4) is 0 Å². The van der Waals surface area contributed by atoms with Gasteiger partial charge in [0.1, 0.15) is 11.4 Å². The van der Waals surface area contributed by atoms with Gasteiger partial charge in [-0.15, -0.1) is 0 Å². The Morgan fingerprint density at radius 2 is 1.50 bits per heavy atom. The fourth-order valence-electron chi connectivity index (χ4n) is 2.29. The van der Waals surface area contributed by atoms with Crippen molar-refractivity contribution in [3.63, 3.8) is 0 Å². The lowest BCUT2D eigenvalue weighted by molar-refractivity contribution is -0.141. The second-order valence-corrected chi connectivity index (χ2v) is 6.04. The monoisotopic (exact) mass is 460 g/mol. The molecule has 0 aliphatic carbocycles. The second-order valence-electron chi connectivity index (χ2n) is 6.04. The Labute approximate surface area is 176 Å². The van der Waals surface area contributed by atoms with Crippen LogP contribution in [-0.2, 0) is 17.1 Å². The van der Waals surface area contributed by atoms with E-state index in [-0.39, 0.29) is 36.6 Å². The molecule has 0 aromatic carbocycles. The zero-order valence-electron chi connectivity index (χ0n) is 16.2. The molecule has 0 atom stereocenters. The maximum atomic E-state index is 13.0. The fourth-order valence-corrected chi connectivity index (χ4v) is 2.29. The number of hydrogen-bond donors (Lipinski definition) is 2. The predicted octanol–water partition coefficient (Wildman–Crippen LogP) is 3.56. The van der Waals surface area contributed by atoms with Crippen LogP contribution >= 0.6 is 0 Å². The molecule has 0 spiro atoms. The summed E-state index contributed by atoms with van der Waals surface area (Å²) in [4.78, 5) is 22.4. The van der Waals surface area contributed by atoms with Gasteiger partial charge in [0, 0.05) is 31.7 Å². The molecule has 0 fully saturated rings. The summed E-state index contributed by atoms with van der Waals surface area (Å²) >= 11 is 0. The number of aromatic nitrogens is 6. The lowest BCUT2D eigenvalue weighted by Gasteiger charge is -2.12. The van der Waals surface area contributed by atoms with Crippen LogP contribution < -0.4 is 10.6 Å². The van der Waals surface area contributed by atoms with Crippen LogP contribution in [0.4, 0.5) is 43.9 Å². The van der Waals surface area contributed by atoms with Gasteiger partial charge in [-0.2, -0.15) is 41.3 Å². The highest BCUT2D eigenvalue weighted by Crippen LogP contribution is 2.30. The van der Waals surface area contributed by atoms with Crippen LogP contribution in [0.2, 0.25) is 0 Å². The molecule has 0 saturated carbocycles. The minimum Gasteiger partial charge on any atom is -0.383 e. The van der Waals surface area contributed by atoms with E-state index in [2.05, 4.69) is 40.5 Å². The molecule has 3 aromatic heterocycles. The molecular weight excluding hydrogens is 446 g/mol. The van der Waals surface area contributed by atoms with E-state index in [0.717, 1.165) is 18.5 Å². The van der Waals surface area contributed by atoms with Crippen LogP contribution in [0.25, 0.3) is 11.6 Å². The van der Waals surface area contributed by atoms with Crippen molar-refractivity contribution in [2.45, 2.75) is 12.4 Å². The van der Waals surface area contributed by atoms with Gasteiger partial charge in [0.05, 0.1) is 6.61 Å². The maximum Gasteiger partial charge on any atom is 0.433 e. The standard InChI is InChI=1S/C17H14F6N8O/c1-32-7-6-26-14-29-13(12-25-5-3-10(28-12)16(18,19)20)30-15(31-14)27-9-2-4-24-11(8-9)17(21,22)23/h2-5,8H,6-7H2,1H3,(H2,24,26,27,29,30,31). The SMILES string of the molecule is COCCNc1nc(Nc2ccnc(C(F)(F)F)c2)nc(-c2nccc(C(F)(F)F)n2)n1. The number of rotatable bonds is 7. The molecule has 0 saturated heterocycles. The van der Waals surface area contributed by atoms with Crippen LogP contribution in [0, 0.1) is 0 Å². The lowest BCUT2D eigenvalue weighted by atomic mass is 10.3. The Morgan fingerprint density at radius 3 is 2.19 bits per heavy atom. The van der Waals surface area contributed by atoms with Gasteiger partial charge >= 0.3 is 12.4 Å². The first-order valence-corrected chi connectivity index (χ1v) is 8.76. The van der Waals surface area contributed by atoms with Gasteiger partial charge in [0.15, 0.2) is 5.82 Å². The normalized spacial score (nSPS) is 12.0. The van der Waals surface area contributed by atoms with Crippen molar-refractivity contribution >= 4 is 17.6 Å². The van der Waals surface area contributed by atoms with Crippen molar-refractivity contribution < 1.29 is 31.1 Å². The third-order valence-electron chi connectivity index (χ3n) is 3.68. The molecular formula is C17H14F6N8O. The fraction of sp³-hybridized carbons (Fsp3) is 0.294. The summed E-state index contributed by atoms with van der Waals surface area (Å²) in [7, 11) is 1.45. The van der Waals surface area contributed by atoms with Crippen molar-refractivity contribution in [3.05, 3.63) is 42.0 Å². The molecule has 9 nitrogen and oxygen atoms in total. The largest absolute Gasteiger partial charge is 0.433 e. The molecule has 170 valence electrons. The number of hydrogen-bond acceptors (Lipinski definition) is 9. The predicted molar refractivity (Wildman–Crippen MR) is 98.7 cm³/mol. The molecule has 0 amide bonds. The molecule has 32 heavy (non-hydrogen) atoms. The highest BCUT2D eigenvalue weighted by Gasteiger charge is 2.33. The van der Waals surface area contributed by atoms with Gasteiger partial charge in [-0.25, -0.2) is 9.97 Å². The topological polar surface area (TPSA) is 111 Å². The molecule has 0 unspecified atom stereocenters. The summed E-state index contributed by atoms with van der Waals surface area (Å²) in [5, 5.41) is 5.32. The molecule has 0 radical (unpaired) electrons. The van der Waals surface area contributed by atoms with Gasteiger partial charge in [-0.05, 0) is 18.2 Å². The number of pyridine rings is 1. The first-order chi connectivity index (χ1) is 15.1. The highest BCUT2D eigenvalue weighted by atomic mass is 19.4. The summed E-state index contributed by atoms with van der Waals surface area (Å²) in [6.07, 6.45) is -7.59. The summed E-state index contributed by atoms with van der Waals surface area (Å²) in [5.74, 6) is -1.12. The number of halogens is 6. The van der Waals surface area contributed by atoms with Crippen molar-refractivity contribution in [2.75, 3.05) is 30.9 Å². The molecule has 3 aromatic rings. The van der Waals surface area contributed by atoms with Crippen molar-refractivity contribution in [1.29, 1.82) is 0 Å². The maximum absolute atomic E-state index is 13.0. The van der Waals surface area contributed by atoms with Crippen molar-refractivity contribution in [3.8, 4) is 11.6 Å². The van der Waals surface area contributed by atoms with E-state index < -0.39 is 29.6 Å².